The molecule has 0 saturated carbocycles. The summed E-state index contributed by atoms with van der Waals surface area (Å²) in [6.45, 7) is 3.60. The van der Waals surface area contributed by atoms with Crippen LogP contribution in [0.25, 0.3) is 0 Å². The van der Waals surface area contributed by atoms with E-state index in [1.165, 1.54) is 0 Å². The number of pyridine rings is 1. The summed E-state index contributed by atoms with van der Waals surface area (Å²) >= 11 is 0. The number of hydrogen-bond acceptors (Lipinski definition) is 5. The Morgan fingerprint density at radius 3 is 2.88 bits per heavy atom. The van der Waals surface area contributed by atoms with Gasteiger partial charge in [-0.2, -0.15) is 4.98 Å². The smallest absolute Gasteiger partial charge is 0.223 e. The minimum absolute atomic E-state index is 0.252. The van der Waals surface area contributed by atoms with E-state index in [1.54, 1.807) is 0 Å². The summed E-state index contributed by atoms with van der Waals surface area (Å²) in [5.74, 6) is 1.98. The molecule has 5 heteroatoms. The topological polar surface area (TPSA) is 63.8 Å². The quantitative estimate of drug-likeness (QED) is 0.841. The van der Waals surface area contributed by atoms with E-state index >= 15 is 0 Å². The Bertz CT molecular complexity index is 496. The molecule has 1 saturated heterocycles. The molecule has 0 bridgehead atoms. The summed E-state index contributed by atoms with van der Waals surface area (Å²) < 4.78 is 5.05. The summed E-state index contributed by atoms with van der Waals surface area (Å²) in [7, 11) is 0. The van der Waals surface area contributed by atoms with Gasteiger partial charge in [-0.3, -0.25) is 4.98 Å². The van der Waals surface area contributed by atoms with Crippen molar-refractivity contribution in [1.82, 2.24) is 20.4 Å². The van der Waals surface area contributed by atoms with Crippen LogP contribution >= 0.6 is 0 Å². The third kappa shape index (κ3) is 1.93. The SMILES string of the molecule is Cc1nc([C@H]2CNC[C@@H]2c2ccccn2)no1. The van der Waals surface area contributed by atoms with Crippen molar-refractivity contribution >= 4 is 0 Å². The van der Waals surface area contributed by atoms with Crippen LogP contribution in [0.1, 0.15) is 29.2 Å². The minimum Gasteiger partial charge on any atom is -0.340 e. The maximum atomic E-state index is 5.05. The molecule has 0 aliphatic carbocycles. The van der Waals surface area contributed by atoms with Gasteiger partial charge in [0.05, 0.1) is 0 Å². The van der Waals surface area contributed by atoms with Gasteiger partial charge < -0.3 is 9.84 Å². The van der Waals surface area contributed by atoms with Crippen LogP contribution in [0, 0.1) is 6.92 Å². The van der Waals surface area contributed by atoms with Crippen LogP contribution in [0.15, 0.2) is 28.9 Å². The molecular weight excluding hydrogens is 216 g/mol. The molecule has 17 heavy (non-hydrogen) atoms. The molecule has 1 aliphatic rings. The molecule has 0 amide bonds. The average Bonchev–Trinajstić information content (AvgIpc) is 2.98. The van der Waals surface area contributed by atoms with Gasteiger partial charge in [-0.1, -0.05) is 11.2 Å². The highest BCUT2D eigenvalue weighted by atomic mass is 16.5. The van der Waals surface area contributed by atoms with E-state index in [2.05, 4.69) is 26.5 Å². The van der Waals surface area contributed by atoms with Crippen molar-refractivity contribution in [2.75, 3.05) is 13.1 Å². The zero-order valence-corrected chi connectivity index (χ0v) is 9.63. The predicted octanol–water partition coefficient (Wildman–Crippen LogP) is 1.24. The fourth-order valence-corrected chi connectivity index (χ4v) is 2.32. The second kappa shape index (κ2) is 4.25. The first-order chi connectivity index (χ1) is 8.34. The molecule has 1 aliphatic heterocycles. The van der Waals surface area contributed by atoms with Gasteiger partial charge in [-0.05, 0) is 12.1 Å². The molecule has 0 radical (unpaired) electrons. The number of aromatic nitrogens is 3. The normalized spacial score (nSPS) is 24.1. The number of aryl methyl sites for hydroxylation is 1. The van der Waals surface area contributed by atoms with Crippen molar-refractivity contribution in [3.63, 3.8) is 0 Å². The van der Waals surface area contributed by atoms with E-state index in [9.17, 15) is 0 Å². The van der Waals surface area contributed by atoms with Crippen LogP contribution in [0.2, 0.25) is 0 Å². The van der Waals surface area contributed by atoms with Gasteiger partial charge in [0.1, 0.15) is 0 Å². The maximum absolute atomic E-state index is 5.05. The van der Waals surface area contributed by atoms with Crippen molar-refractivity contribution < 1.29 is 4.52 Å². The first-order valence-electron chi connectivity index (χ1n) is 5.76. The number of hydrogen-bond donors (Lipinski definition) is 1. The van der Waals surface area contributed by atoms with Crippen LogP contribution in [-0.4, -0.2) is 28.2 Å². The molecule has 1 fully saturated rings. The highest BCUT2D eigenvalue weighted by molar-refractivity contribution is 5.19. The first kappa shape index (κ1) is 10.4. The van der Waals surface area contributed by atoms with Crippen molar-refractivity contribution in [2.45, 2.75) is 18.8 Å². The van der Waals surface area contributed by atoms with Gasteiger partial charge in [0.15, 0.2) is 5.82 Å². The van der Waals surface area contributed by atoms with Gasteiger partial charge in [0.2, 0.25) is 5.89 Å². The summed E-state index contributed by atoms with van der Waals surface area (Å²) in [6, 6.07) is 6.00. The second-order valence-corrected chi connectivity index (χ2v) is 4.30. The number of rotatable bonds is 2. The van der Waals surface area contributed by atoms with Crippen molar-refractivity contribution in [2.24, 2.45) is 0 Å². The summed E-state index contributed by atoms with van der Waals surface area (Å²) in [6.07, 6.45) is 1.83. The van der Waals surface area contributed by atoms with E-state index in [4.69, 9.17) is 4.52 Å². The largest absolute Gasteiger partial charge is 0.340 e. The molecule has 2 atom stereocenters. The Morgan fingerprint density at radius 2 is 2.18 bits per heavy atom. The molecule has 1 N–H and O–H groups in total. The first-order valence-corrected chi connectivity index (χ1v) is 5.76. The maximum Gasteiger partial charge on any atom is 0.223 e. The van der Waals surface area contributed by atoms with E-state index < -0.39 is 0 Å². The Balaban J connectivity index is 1.90. The zero-order valence-electron chi connectivity index (χ0n) is 9.63. The lowest BCUT2D eigenvalue weighted by Crippen LogP contribution is -2.11. The van der Waals surface area contributed by atoms with Gasteiger partial charge in [-0.25, -0.2) is 0 Å². The van der Waals surface area contributed by atoms with Crippen LogP contribution in [0.3, 0.4) is 0 Å². The molecular formula is C12H14N4O. The predicted molar refractivity (Wildman–Crippen MR) is 61.6 cm³/mol. The van der Waals surface area contributed by atoms with Gasteiger partial charge in [0, 0.05) is 43.7 Å². The van der Waals surface area contributed by atoms with E-state index in [0.717, 1.165) is 24.6 Å². The molecule has 5 nitrogen and oxygen atoms in total. The van der Waals surface area contributed by atoms with E-state index in [-0.39, 0.29) is 5.92 Å². The third-order valence-corrected chi connectivity index (χ3v) is 3.16. The fraction of sp³-hybridized carbons (Fsp3) is 0.417. The molecule has 3 heterocycles. The molecule has 0 unspecified atom stereocenters. The molecule has 3 rings (SSSR count). The monoisotopic (exact) mass is 230 g/mol. The zero-order chi connectivity index (χ0) is 11.7. The Hall–Kier alpha value is -1.75. The minimum atomic E-state index is 0.252. The van der Waals surface area contributed by atoms with Crippen molar-refractivity contribution in [3.05, 3.63) is 41.8 Å². The standard InChI is InChI=1S/C12H14N4O/c1-8-15-12(16-17-8)10-7-13-6-9(10)11-4-2-3-5-14-11/h2-5,9-10,13H,6-7H2,1H3/t9-,10-/m0/s1. The Labute approximate surface area is 99.3 Å². The second-order valence-electron chi connectivity index (χ2n) is 4.30. The summed E-state index contributed by atoms with van der Waals surface area (Å²) in [5.41, 5.74) is 1.09. The Morgan fingerprint density at radius 1 is 1.29 bits per heavy atom. The van der Waals surface area contributed by atoms with E-state index in [1.807, 2.05) is 25.3 Å². The third-order valence-electron chi connectivity index (χ3n) is 3.16. The van der Waals surface area contributed by atoms with Crippen LogP contribution < -0.4 is 5.32 Å². The summed E-state index contributed by atoms with van der Waals surface area (Å²) in [5, 5.41) is 7.39. The summed E-state index contributed by atoms with van der Waals surface area (Å²) in [4.78, 5) is 8.74. The van der Waals surface area contributed by atoms with Gasteiger partial charge >= 0.3 is 0 Å². The number of nitrogens with one attached hydrogen (secondary N) is 1. The van der Waals surface area contributed by atoms with Crippen molar-refractivity contribution in [3.8, 4) is 0 Å². The number of nitrogens with zero attached hydrogens (tertiary/aromatic N) is 3. The van der Waals surface area contributed by atoms with Crippen LogP contribution in [-0.2, 0) is 0 Å². The molecule has 0 aromatic carbocycles. The molecule has 2 aromatic rings. The Kier molecular flexibility index (Phi) is 2.60. The average molecular weight is 230 g/mol. The lowest BCUT2D eigenvalue weighted by molar-refractivity contribution is 0.382. The highest BCUT2D eigenvalue weighted by Crippen LogP contribution is 2.33. The fourth-order valence-electron chi connectivity index (χ4n) is 2.32. The molecule has 2 aromatic heterocycles. The molecule has 88 valence electrons. The van der Waals surface area contributed by atoms with Crippen molar-refractivity contribution in [1.29, 1.82) is 0 Å². The highest BCUT2D eigenvalue weighted by Gasteiger charge is 2.33. The lowest BCUT2D eigenvalue weighted by atomic mass is 9.92. The van der Waals surface area contributed by atoms with Crippen LogP contribution in [0.4, 0.5) is 0 Å². The van der Waals surface area contributed by atoms with Crippen LogP contribution in [0.5, 0.6) is 0 Å². The van der Waals surface area contributed by atoms with Gasteiger partial charge in [-0.15, -0.1) is 0 Å². The lowest BCUT2D eigenvalue weighted by Gasteiger charge is -2.14. The molecule has 0 spiro atoms. The van der Waals surface area contributed by atoms with Gasteiger partial charge in [0.25, 0.3) is 0 Å². The van der Waals surface area contributed by atoms with E-state index in [0.29, 0.717) is 11.8 Å².